The van der Waals surface area contributed by atoms with Crippen molar-refractivity contribution in [1.29, 1.82) is 0 Å². The maximum Gasteiger partial charge on any atom is 0.146 e. The summed E-state index contributed by atoms with van der Waals surface area (Å²) in [5.41, 5.74) is 5.55. The molecule has 14 heavy (non-hydrogen) atoms. The first-order chi connectivity index (χ1) is 6.22. The minimum absolute atomic E-state index is 0.0252. The molecule has 0 saturated heterocycles. The SMILES string of the molecule is CC(=O)[C@@H](N)CCC(=O)CC(C)(C)C. The van der Waals surface area contributed by atoms with Crippen LogP contribution < -0.4 is 5.73 Å². The molecule has 3 heteroatoms. The number of rotatable bonds is 5. The zero-order valence-electron chi connectivity index (χ0n) is 9.59. The first kappa shape index (κ1) is 13.3. The van der Waals surface area contributed by atoms with E-state index in [2.05, 4.69) is 0 Å². The van der Waals surface area contributed by atoms with E-state index < -0.39 is 6.04 Å². The molecular weight excluding hydrogens is 178 g/mol. The Morgan fingerprint density at radius 3 is 2.14 bits per heavy atom. The van der Waals surface area contributed by atoms with Crippen molar-refractivity contribution >= 4 is 11.6 Å². The Kier molecular flexibility index (Phi) is 4.99. The van der Waals surface area contributed by atoms with Crippen molar-refractivity contribution in [1.82, 2.24) is 0 Å². The fourth-order valence-corrected chi connectivity index (χ4v) is 1.20. The van der Waals surface area contributed by atoms with Gasteiger partial charge in [0.25, 0.3) is 0 Å². The van der Waals surface area contributed by atoms with E-state index in [-0.39, 0.29) is 17.0 Å². The average Bonchev–Trinajstić information content (AvgIpc) is 1.96. The number of hydrogen-bond acceptors (Lipinski definition) is 3. The molecule has 0 fully saturated rings. The van der Waals surface area contributed by atoms with Crippen LogP contribution in [0, 0.1) is 5.41 Å². The Morgan fingerprint density at radius 2 is 1.79 bits per heavy atom. The molecule has 0 bridgehead atoms. The zero-order valence-corrected chi connectivity index (χ0v) is 9.59. The largest absolute Gasteiger partial charge is 0.322 e. The summed E-state index contributed by atoms with van der Waals surface area (Å²) in [7, 11) is 0. The Labute approximate surface area is 86.1 Å². The van der Waals surface area contributed by atoms with Gasteiger partial charge in [-0.2, -0.15) is 0 Å². The van der Waals surface area contributed by atoms with Crippen LogP contribution in [0.1, 0.15) is 47.0 Å². The van der Waals surface area contributed by atoms with Crippen molar-refractivity contribution in [3.8, 4) is 0 Å². The predicted molar refractivity (Wildman–Crippen MR) is 57.0 cm³/mol. The second-order valence-corrected chi connectivity index (χ2v) is 5.03. The van der Waals surface area contributed by atoms with E-state index in [9.17, 15) is 9.59 Å². The van der Waals surface area contributed by atoms with Crippen LogP contribution in [0.5, 0.6) is 0 Å². The summed E-state index contributed by atoms with van der Waals surface area (Å²) in [6.45, 7) is 7.53. The third kappa shape index (κ3) is 6.78. The molecule has 2 N–H and O–H groups in total. The molecule has 0 aromatic carbocycles. The van der Waals surface area contributed by atoms with Crippen molar-refractivity contribution in [2.24, 2.45) is 11.1 Å². The Balaban J connectivity index is 3.81. The topological polar surface area (TPSA) is 60.2 Å². The van der Waals surface area contributed by atoms with E-state index in [0.29, 0.717) is 19.3 Å². The number of nitrogens with two attached hydrogens (primary N) is 1. The number of carbonyl (C=O) groups excluding carboxylic acids is 2. The second kappa shape index (κ2) is 5.25. The van der Waals surface area contributed by atoms with Crippen molar-refractivity contribution in [3.63, 3.8) is 0 Å². The summed E-state index contributed by atoms with van der Waals surface area (Å²) in [5, 5.41) is 0. The minimum Gasteiger partial charge on any atom is -0.322 e. The monoisotopic (exact) mass is 199 g/mol. The summed E-state index contributed by atoms with van der Waals surface area (Å²) in [6.07, 6.45) is 1.44. The van der Waals surface area contributed by atoms with E-state index in [1.54, 1.807) is 0 Å². The van der Waals surface area contributed by atoms with Gasteiger partial charge in [0.1, 0.15) is 11.6 Å². The van der Waals surface area contributed by atoms with Crippen molar-refractivity contribution in [3.05, 3.63) is 0 Å². The zero-order chi connectivity index (χ0) is 11.4. The third-order valence-electron chi connectivity index (χ3n) is 1.98. The molecule has 1 atom stereocenters. The molecule has 0 aromatic rings. The van der Waals surface area contributed by atoms with Gasteiger partial charge in [-0.05, 0) is 18.8 Å². The van der Waals surface area contributed by atoms with E-state index in [1.165, 1.54) is 6.92 Å². The molecule has 0 amide bonds. The van der Waals surface area contributed by atoms with Crippen LogP contribution in [0.15, 0.2) is 0 Å². The number of hydrogen-bond donors (Lipinski definition) is 1. The highest BCUT2D eigenvalue weighted by atomic mass is 16.1. The van der Waals surface area contributed by atoms with Crippen LogP contribution >= 0.6 is 0 Å². The molecule has 82 valence electrons. The van der Waals surface area contributed by atoms with Crippen LogP contribution in [0.4, 0.5) is 0 Å². The average molecular weight is 199 g/mol. The molecule has 0 aliphatic heterocycles. The smallest absolute Gasteiger partial charge is 0.146 e. The molecule has 0 aromatic heterocycles. The summed E-state index contributed by atoms with van der Waals surface area (Å²) in [6, 6.07) is -0.473. The summed E-state index contributed by atoms with van der Waals surface area (Å²) in [4.78, 5) is 22.2. The van der Waals surface area contributed by atoms with Gasteiger partial charge in [-0.25, -0.2) is 0 Å². The Hall–Kier alpha value is -0.700. The first-order valence-electron chi connectivity index (χ1n) is 5.00. The van der Waals surface area contributed by atoms with Gasteiger partial charge in [-0.3, -0.25) is 9.59 Å². The Bertz CT molecular complexity index is 216. The van der Waals surface area contributed by atoms with Crippen LogP contribution in [0.2, 0.25) is 0 Å². The van der Waals surface area contributed by atoms with E-state index in [4.69, 9.17) is 5.73 Å². The minimum atomic E-state index is -0.473. The van der Waals surface area contributed by atoms with Crippen molar-refractivity contribution in [2.45, 2.75) is 53.0 Å². The van der Waals surface area contributed by atoms with Crippen molar-refractivity contribution in [2.75, 3.05) is 0 Å². The highest BCUT2D eigenvalue weighted by Crippen LogP contribution is 2.20. The van der Waals surface area contributed by atoms with Gasteiger partial charge >= 0.3 is 0 Å². The molecule has 0 spiro atoms. The van der Waals surface area contributed by atoms with E-state index >= 15 is 0 Å². The van der Waals surface area contributed by atoms with E-state index in [1.807, 2.05) is 20.8 Å². The van der Waals surface area contributed by atoms with Gasteiger partial charge in [0, 0.05) is 12.8 Å². The normalized spacial score (nSPS) is 13.8. The Morgan fingerprint density at radius 1 is 1.29 bits per heavy atom. The molecule has 0 aliphatic rings. The maximum atomic E-state index is 11.4. The van der Waals surface area contributed by atoms with Crippen LogP contribution in [-0.4, -0.2) is 17.6 Å². The van der Waals surface area contributed by atoms with Gasteiger partial charge in [-0.1, -0.05) is 20.8 Å². The van der Waals surface area contributed by atoms with Gasteiger partial charge < -0.3 is 5.73 Å². The summed E-state index contributed by atoms with van der Waals surface area (Å²) < 4.78 is 0. The number of Topliss-reactive ketones (excluding diaryl/α,β-unsaturated/α-hetero) is 2. The molecule has 0 heterocycles. The van der Waals surface area contributed by atoms with Crippen molar-refractivity contribution < 1.29 is 9.59 Å². The summed E-state index contributed by atoms with van der Waals surface area (Å²) in [5.74, 6) is 0.141. The van der Waals surface area contributed by atoms with Gasteiger partial charge in [0.15, 0.2) is 0 Å². The molecular formula is C11H21NO2. The maximum absolute atomic E-state index is 11.4. The lowest BCUT2D eigenvalue weighted by molar-refractivity contribution is -0.121. The fraction of sp³-hybridized carbons (Fsp3) is 0.818. The fourth-order valence-electron chi connectivity index (χ4n) is 1.20. The van der Waals surface area contributed by atoms with Crippen LogP contribution in [-0.2, 0) is 9.59 Å². The van der Waals surface area contributed by atoms with E-state index in [0.717, 1.165) is 0 Å². The third-order valence-corrected chi connectivity index (χ3v) is 1.98. The molecule has 0 unspecified atom stereocenters. The van der Waals surface area contributed by atoms with Gasteiger partial charge in [-0.15, -0.1) is 0 Å². The highest BCUT2D eigenvalue weighted by Gasteiger charge is 2.17. The lowest BCUT2D eigenvalue weighted by Gasteiger charge is -2.17. The molecule has 3 nitrogen and oxygen atoms in total. The van der Waals surface area contributed by atoms with Crippen LogP contribution in [0.25, 0.3) is 0 Å². The lowest BCUT2D eigenvalue weighted by Crippen LogP contribution is -2.29. The molecule has 0 rings (SSSR count). The first-order valence-corrected chi connectivity index (χ1v) is 5.00. The quantitative estimate of drug-likeness (QED) is 0.733. The number of carbonyl (C=O) groups is 2. The number of ketones is 2. The summed E-state index contributed by atoms with van der Waals surface area (Å²) >= 11 is 0. The predicted octanol–water partition coefficient (Wildman–Crippen LogP) is 1.69. The highest BCUT2D eigenvalue weighted by molar-refractivity contribution is 5.83. The molecule has 0 saturated carbocycles. The molecule has 0 aliphatic carbocycles. The van der Waals surface area contributed by atoms with Gasteiger partial charge in [0.05, 0.1) is 6.04 Å². The second-order valence-electron chi connectivity index (χ2n) is 5.03. The van der Waals surface area contributed by atoms with Crippen LogP contribution in [0.3, 0.4) is 0 Å². The van der Waals surface area contributed by atoms with Gasteiger partial charge in [0.2, 0.25) is 0 Å². The standard InChI is InChI=1S/C11H21NO2/c1-8(13)10(12)6-5-9(14)7-11(2,3)4/h10H,5-7,12H2,1-4H3/t10-/m0/s1. The molecule has 0 radical (unpaired) electrons. The lowest BCUT2D eigenvalue weighted by atomic mass is 9.88.